The Kier molecular flexibility index (Phi) is 5.20. The number of aromatic hydroxyl groups is 2. The first-order valence-corrected chi connectivity index (χ1v) is 11.0. The van der Waals surface area contributed by atoms with Gasteiger partial charge in [-0.15, -0.1) is 0 Å². The maximum atomic E-state index is 12.8. The van der Waals surface area contributed by atoms with Crippen molar-refractivity contribution in [2.24, 2.45) is 0 Å². The lowest BCUT2D eigenvalue weighted by atomic mass is 9.96. The lowest BCUT2D eigenvalue weighted by Gasteiger charge is -2.14. The number of hydrogen-bond donors (Lipinski definition) is 3. The van der Waals surface area contributed by atoms with E-state index in [0.29, 0.717) is 22.3 Å². The molecule has 4 rings (SSSR count). The average molecular weight is 436 g/mol. The Bertz CT molecular complexity index is 1380. The van der Waals surface area contributed by atoms with E-state index in [1.54, 1.807) is 37.4 Å². The largest absolute Gasteiger partial charge is 0.507 e. The van der Waals surface area contributed by atoms with E-state index in [9.17, 15) is 18.6 Å². The summed E-state index contributed by atoms with van der Waals surface area (Å²) in [4.78, 5) is 0.130. The summed E-state index contributed by atoms with van der Waals surface area (Å²) in [6.45, 7) is 1.88. The molecule has 0 spiro atoms. The van der Waals surface area contributed by atoms with Crippen LogP contribution in [0.25, 0.3) is 21.9 Å². The molecule has 0 heterocycles. The fraction of sp³-hybridized carbons (Fsp3) is 0.0833. The molecule has 0 bridgehead atoms. The Morgan fingerprint density at radius 3 is 2.23 bits per heavy atom. The highest BCUT2D eigenvalue weighted by molar-refractivity contribution is 7.92. The molecule has 0 atom stereocenters. The molecule has 6 nitrogen and oxygen atoms in total. The van der Waals surface area contributed by atoms with Crippen LogP contribution in [0.2, 0.25) is 0 Å². The van der Waals surface area contributed by atoms with Gasteiger partial charge in [0.25, 0.3) is 10.0 Å². The molecule has 0 saturated carbocycles. The number of fused-ring (bicyclic) bond motifs is 1. The van der Waals surface area contributed by atoms with E-state index in [-0.39, 0.29) is 22.1 Å². The van der Waals surface area contributed by atoms with E-state index >= 15 is 0 Å². The van der Waals surface area contributed by atoms with Crippen molar-refractivity contribution in [1.82, 2.24) is 0 Å². The summed E-state index contributed by atoms with van der Waals surface area (Å²) >= 11 is 0. The van der Waals surface area contributed by atoms with Crippen LogP contribution in [0.3, 0.4) is 0 Å². The number of rotatable bonds is 5. The Hall–Kier alpha value is -3.71. The third kappa shape index (κ3) is 4.00. The van der Waals surface area contributed by atoms with Crippen molar-refractivity contribution in [2.75, 3.05) is 11.8 Å². The van der Waals surface area contributed by atoms with E-state index < -0.39 is 10.0 Å². The highest BCUT2D eigenvalue weighted by Gasteiger charge is 2.18. The topological polar surface area (TPSA) is 95.9 Å². The number of benzene rings is 4. The molecule has 0 aliphatic heterocycles. The molecule has 31 heavy (non-hydrogen) atoms. The van der Waals surface area contributed by atoms with Gasteiger partial charge in [0.05, 0.1) is 12.0 Å². The molecule has 0 aliphatic rings. The quantitative estimate of drug-likeness (QED) is 0.382. The summed E-state index contributed by atoms with van der Waals surface area (Å²) < 4.78 is 33.4. The monoisotopic (exact) mass is 435 g/mol. The second-order valence-electron chi connectivity index (χ2n) is 7.20. The minimum atomic E-state index is -3.82. The molecule has 0 radical (unpaired) electrons. The van der Waals surface area contributed by atoms with E-state index in [0.717, 1.165) is 10.9 Å². The van der Waals surface area contributed by atoms with Crippen molar-refractivity contribution in [3.63, 3.8) is 0 Å². The summed E-state index contributed by atoms with van der Waals surface area (Å²) in [5.41, 5.74) is 1.88. The number of sulfonamides is 1. The predicted octanol–water partition coefficient (Wildman–Crippen LogP) is 5.04. The van der Waals surface area contributed by atoms with Gasteiger partial charge in [-0.2, -0.15) is 0 Å². The third-order valence-electron chi connectivity index (χ3n) is 5.06. The number of methoxy groups -OCH3 is 1. The first-order valence-electron chi connectivity index (χ1n) is 9.51. The van der Waals surface area contributed by atoms with Crippen LogP contribution in [0.4, 0.5) is 5.69 Å². The van der Waals surface area contributed by atoms with Gasteiger partial charge >= 0.3 is 0 Å². The summed E-state index contributed by atoms with van der Waals surface area (Å²) in [5, 5.41) is 22.6. The highest BCUT2D eigenvalue weighted by Crippen LogP contribution is 2.42. The molecule has 0 aliphatic carbocycles. The lowest BCUT2D eigenvalue weighted by molar-refractivity contribution is 0.415. The smallest absolute Gasteiger partial charge is 0.261 e. The fourth-order valence-electron chi connectivity index (χ4n) is 3.43. The number of phenols is 2. The van der Waals surface area contributed by atoms with Gasteiger partial charge in [0.1, 0.15) is 17.2 Å². The van der Waals surface area contributed by atoms with Crippen LogP contribution in [-0.2, 0) is 10.0 Å². The average Bonchev–Trinajstić information content (AvgIpc) is 2.75. The zero-order valence-electron chi connectivity index (χ0n) is 17.0. The summed E-state index contributed by atoms with van der Waals surface area (Å²) in [5.74, 6) is 0.452. The van der Waals surface area contributed by atoms with Gasteiger partial charge in [0.2, 0.25) is 0 Å². The zero-order valence-corrected chi connectivity index (χ0v) is 17.8. The van der Waals surface area contributed by atoms with Gasteiger partial charge < -0.3 is 14.9 Å². The van der Waals surface area contributed by atoms with Gasteiger partial charge in [-0.25, -0.2) is 8.42 Å². The number of aryl methyl sites for hydroxylation is 1. The number of phenolic OH excluding ortho intramolecular Hbond substituents is 2. The molecule has 0 saturated heterocycles. The summed E-state index contributed by atoms with van der Waals surface area (Å²) in [6, 6.07) is 19.5. The maximum absolute atomic E-state index is 12.8. The van der Waals surface area contributed by atoms with Gasteiger partial charge in [-0.3, -0.25) is 4.72 Å². The number of ether oxygens (including phenoxy) is 1. The van der Waals surface area contributed by atoms with Crippen LogP contribution >= 0.6 is 0 Å². The Morgan fingerprint density at radius 2 is 1.52 bits per heavy atom. The van der Waals surface area contributed by atoms with Gasteiger partial charge in [-0.05, 0) is 66.2 Å². The van der Waals surface area contributed by atoms with Gasteiger partial charge in [-0.1, -0.05) is 29.8 Å². The lowest BCUT2D eigenvalue weighted by Crippen LogP contribution is -2.12. The zero-order chi connectivity index (χ0) is 22.2. The van der Waals surface area contributed by atoms with Crippen LogP contribution in [0.5, 0.6) is 17.2 Å². The normalized spacial score (nSPS) is 11.4. The highest BCUT2D eigenvalue weighted by atomic mass is 32.2. The minimum Gasteiger partial charge on any atom is -0.507 e. The molecule has 4 aromatic rings. The second kappa shape index (κ2) is 7.85. The third-order valence-corrected chi connectivity index (χ3v) is 6.45. The van der Waals surface area contributed by atoms with E-state index in [4.69, 9.17) is 4.74 Å². The molecule has 4 aromatic carbocycles. The van der Waals surface area contributed by atoms with Crippen LogP contribution in [0.15, 0.2) is 77.7 Å². The van der Waals surface area contributed by atoms with E-state index in [1.165, 1.54) is 36.4 Å². The molecule has 0 aromatic heterocycles. The SMILES string of the molecule is COc1ccc2ccc(O)c(-c3cc(NS(=O)(=O)c4ccc(C)cc4)ccc3O)c2c1. The van der Waals surface area contributed by atoms with Crippen molar-refractivity contribution in [2.45, 2.75) is 11.8 Å². The molecule has 158 valence electrons. The molecule has 0 unspecified atom stereocenters. The Balaban J connectivity index is 1.82. The molecular formula is C24H21NO5S. The summed E-state index contributed by atoms with van der Waals surface area (Å²) in [7, 11) is -2.28. The van der Waals surface area contributed by atoms with Gasteiger partial charge in [0.15, 0.2) is 0 Å². The maximum Gasteiger partial charge on any atom is 0.261 e. The first-order chi connectivity index (χ1) is 14.8. The molecule has 0 fully saturated rings. The van der Waals surface area contributed by atoms with Crippen LogP contribution in [0, 0.1) is 6.92 Å². The van der Waals surface area contributed by atoms with Crippen molar-refractivity contribution in [3.8, 4) is 28.4 Å². The molecule has 7 heteroatoms. The number of nitrogens with one attached hydrogen (secondary N) is 1. The van der Waals surface area contributed by atoms with E-state index in [1.807, 2.05) is 13.0 Å². The van der Waals surface area contributed by atoms with E-state index in [2.05, 4.69) is 4.72 Å². The van der Waals surface area contributed by atoms with Crippen molar-refractivity contribution in [3.05, 3.63) is 78.4 Å². The first kappa shape index (κ1) is 20.6. The van der Waals surface area contributed by atoms with Crippen molar-refractivity contribution in [1.29, 1.82) is 0 Å². The van der Waals surface area contributed by atoms with Gasteiger partial charge in [0, 0.05) is 16.8 Å². The van der Waals surface area contributed by atoms with Crippen molar-refractivity contribution >= 4 is 26.5 Å². The summed E-state index contributed by atoms with van der Waals surface area (Å²) in [6.07, 6.45) is 0. The van der Waals surface area contributed by atoms with Crippen molar-refractivity contribution < 1.29 is 23.4 Å². The molecule has 0 amide bonds. The molecule has 3 N–H and O–H groups in total. The number of anilines is 1. The van der Waals surface area contributed by atoms with Crippen LogP contribution in [-0.4, -0.2) is 25.7 Å². The van der Waals surface area contributed by atoms with Crippen LogP contribution in [0.1, 0.15) is 5.56 Å². The number of hydrogen-bond acceptors (Lipinski definition) is 5. The Labute approximate surface area is 180 Å². The fourth-order valence-corrected chi connectivity index (χ4v) is 4.48. The minimum absolute atomic E-state index is 0.0467. The molecular weight excluding hydrogens is 414 g/mol. The van der Waals surface area contributed by atoms with Crippen LogP contribution < -0.4 is 9.46 Å². The standard InChI is InChI=1S/C24H21NO5S/c1-15-3-9-19(10-4-15)31(28,29)25-17-7-12-22(26)21(13-17)24-20-14-18(30-2)8-5-16(20)6-11-23(24)27/h3-14,25-27H,1-2H3. The Morgan fingerprint density at radius 1 is 0.839 bits per heavy atom. The second-order valence-corrected chi connectivity index (χ2v) is 8.88. The predicted molar refractivity (Wildman–Crippen MR) is 121 cm³/mol.